The topological polar surface area (TPSA) is 178 Å². The monoisotopic (exact) mass is 986 g/mol. The number of anilines is 1. The zero-order valence-electron chi connectivity index (χ0n) is 44.4. The van der Waals surface area contributed by atoms with Gasteiger partial charge in [-0.1, -0.05) is 82.4 Å². The minimum atomic E-state index is -0.896. The summed E-state index contributed by atoms with van der Waals surface area (Å²) in [6.45, 7) is 12.8. The van der Waals surface area contributed by atoms with Crippen LogP contribution in [0.15, 0.2) is 65.8 Å². The van der Waals surface area contributed by atoms with E-state index < -0.39 is 34.1 Å². The van der Waals surface area contributed by atoms with Crippen molar-refractivity contribution in [2.24, 2.45) is 63.1 Å². The number of phenolic OH excluding ortho intramolecular Hbond substituents is 1. The van der Waals surface area contributed by atoms with Crippen LogP contribution < -0.4 is 16.4 Å². The highest BCUT2D eigenvalue weighted by Crippen LogP contribution is 2.78. The minimum Gasteiger partial charge on any atom is -0.508 e. The molecule has 8 aliphatic carbocycles. The third-order valence-electron chi connectivity index (χ3n) is 22.7. The van der Waals surface area contributed by atoms with E-state index in [-0.39, 0.29) is 82.5 Å². The molecule has 0 unspecified atom stereocenters. The van der Waals surface area contributed by atoms with Crippen LogP contribution in [0.1, 0.15) is 172 Å². The summed E-state index contributed by atoms with van der Waals surface area (Å²) in [5.74, 6) is 1.13. The molecule has 392 valence electrons. The lowest BCUT2D eigenvalue weighted by molar-refractivity contribution is -0.211. The quantitative estimate of drug-likeness (QED) is 0.0652. The van der Waals surface area contributed by atoms with Gasteiger partial charge in [0.05, 0.1) is 23.2 Å². The lowest BCUT2D eigenvalue weighted by Gasteiger charge is -2.72. The van der Waals surface area contributed by atoms with Gasteiger partial charge in [0, 0.05) is 48.7 Å². The second kappa shape index (κ2) is 18.4. The van der Waals surface area contributed by atoms with Gasteiger partial charge in [-0.2, -0.15) is 0 Å². The maximum atomic E-state index is 16.0. The number of benzene rings is 2. The number of allylic oxidation sites excluding steroid dienone is 4. The molecule has 0 radical (unpaired) electrons. The zero-order chi connectivity index (χ0) is 50.8. The molecule has 2 bridgehead atoms. The Kier molecular flexibility index (Phi) is 13.0. The van der Waals surface area contributed by atoms with Gasteiger partial charge >= 0.3 is 0 Å². The third-order valence-corrected chi connectivity index (χ3v) is 22.7. The predicted molar refractivity (Wildman–Crippen MR) is 282 cm³/mol. The molecule has 2 aromatic rings. The van der Waals surface area contributed by atoms with Gasteiger partial charge in [-0.15, -0.1) is 0 Å². The Bertz CT molecular complexity index is 2500. The smallest absolute Gasteiger partial charge is 0.160 e. The number of nitrogens with one attached hydrogen (secondary N) is 2. The van der Waals surface area contributed by atoms with Gasteiger partial charge < -0.3 is 41.5 Å². The van der Waals surface area contributed by atoms with Crippen LogP contribution in [0.4, 0.5) is 5.69 Å². The SMILES string of the molecule is CNCc1cc(O)cc([C@H]2C(=O)[C@]34CC=C[C@@H]2[C@@]2(C)[C@H]5CCC6=C([C@@H](C[C@@H](O)[C@H]7O[C@]7(C)[C@@H]7CCC[C@H]7c7cccc(N)c7)[C@H]7CCC[C@@H](CO)C7)C(=O)C[C@]6(C)[C@@]5(C)C[C@@H](NC[C@@](C)(O)CCCC3)[C@@H]42)c1. The van der Waals surface area contributed by atoms with Crippen molar-refractivity contribution in [1.82, 2.24) is 10.6 Å². The summed E-state index contributed by atoms with van der Waals surface area (Å²) in [7, 11) is 1.91. The number of Topliss-reactive ketones (excluding diaryl/α,β-unsaturated/α-hetero) is 2. The summed E-state index contributed by atoms with van der Waals surface area (Å²) in [5.41, 5.74) is 9.23. The van der Waals surface area contributed by atoms with Crippen LogP contribution in [-0.4, -0.2) is 81.6 Å². The lowest BCUT2D eigenvalue weighted by atomic mass is 9.32. The van der Waals surface area contributed by atoms with E-state index in [1.54, 1.807) is 0 Å². The molecule has 5 saturated carbocycles. The number of rotatable bonds is 11. The van der Waals surface area contributed by atoms with Gasteiger partial charge in [-0.05, 0) is 203 Å². The molecule has 0 amide bonds. The van der Waals surface area contributed by atoms with Crippen molar-refractivity contribution in [2.45, 2.75) is 192 Å². The number of carbonyl (C=O) groups excluding carboxylic acids is 2. The molecule has 1 spiro atoms. The highest BCUT2D eigenvalue weighted by Gasteiger charge is 2.75. The maximum absolute atomic E-state index is 16.0. The van der Waals surface area contributed by atoms with Gasteiger partial charge in [-0.3, -0.25) is 9.59 Å². The number of nitrogen functional groups attached to an aromatic ring is 1. The predicted octanol–water partition coefficient (Wildman–Crippen LogP) is 9.83. The first kappa shape index (κ1) is 50.8. The first-order valence-corrected chi connectivity index (χ1v) is 28.5. The van der Waals surface area contributed by atoms with Gasteiger partial charge in [0.25, 0.3) is 0 Å². The summed E-state index contributed by atoms with van der Waals surface area (Å²) >= 11 is 0. The van der Waals surface area contributed by atoms with Crippen molar-refractivity contribution < 1.29 is 34.8 Å². The van der Waals surface area contributed by atoms with E-state index in [9.17, 15) is 20.4 Å². The zero-order valence-corrected chi connectivity index (χ0v) is 44.4. The van der Waals surface area contributed by atoms with Crippen molar-refractivity contribution in [3.05, 3.63) is 82.5 Å². The van der Waals surface area contributed by atoms with Gasteiger partial charge in [-0.25, -0.2) is 0 Å². The number of hydrogen-bond acceptors (Lipinski definition) is 10. The molecule has 2 aromatic carbocycles. The number of fused-ring (bicyclic) bond motifs is 5. The van der Waals surface area contributed by atoms with Crippen molar-refractivity contribution in [3.63, 3.8) is 0 Å². The summed E-state index contributed by atoms with van der Waals surface area (Å²) in [4.78, 5) is 31.6. The Morgan fingerprint density at radius 1 is 0.944 bits per heavy atom. The molecule has 72 heavy (non-hydrogen) atoms. The molecule has 8 N–H and O–H groups in total. The normalized spacial score (nSPS) is 44.5. The molecular formula is C62H87N3O7. The minimum absolute atomic E-state index is 0.00707. The van der Waals surface area contributed by atoms with E-state index in [1.165, 1.54) is 11.1 Å². The second-order valence-corrected chi connectivity index (χ2v) is 26.6. The lowest BCUT2D eigenvalue weighted by Crippen LogP contribution is -2.72. The van der Waals surface area contributed by atoms with E-state index in [0.29, 0.717) is 50.5 Å². The maximum Gasteiger partial charge on any atom is 0.160 e. The summed E-state index contributed by atoms with van der Waals surface area (Å²) in [6.07, 6.45) is 17.9. The molecule has 10 heteroatoms. The second-order valence-electron chi connectivity index (χ2n) is 26.6. The van der Waals surface area contributed by atoms with E-state index >= 15 is 9.59 Å². The first-order valence-electron chi connectivity index (χ1n) is 28.5. The molecule has 10 aliphatic rings. The number of ether oxygens (including phenoxy) is 1. The van der Waals surface area contributed by atoms with E-state index in [4.69, 9.17) is 10.5 Å². The van der Waals surface area contributed by atoms with Crippen LogP contribution in [-0.2, 0) is 20.9 Å². The number of phenols is 1. The van der Waals surface area contributed by atoms with Crippen molar-refractivity contribution in [2.75, 3.05) is 25.9 Å². The molecule has 18 atom stereocenters. The summed E-state index contributed by atoms with van der Waals surface area (Å²) in [5, 5.41) is 53.7. The van der Waals surface area contributed by atoms with Crippen LogP contribution in [0, 0.1) is 63.1 Å². The average Bonchev–Trinajstić information content (AvgIpc) is 3.74. The number of ketones is 2. The molecule has 0 aromatic heterocycles. The molecule has 2 saturated heterocycles. The van der Waals surface area contributed by atoms with E-state index in [2.05, 4.69) is 68.7 Å². The largest absolute Gasteiger partial charge is 0.508 e. The van der Waals surface area contributed by atoms with Crippen LogP contribution >= 0.6 is 0 Å². The molecular weight excluding hydrogens is 899 g/mol. The van der Waals surface area contributed by atoms with Crippen LogP contribution in [0.5, 0.6) is 5.75 Å². The number of aliphatic hydroxyl groups excluding tert-OH is 2. The number of carbonyl (C=O) groups is 2. The highest BCUT2D eigenvalue weighted by molar-refractivity contribution is 6.01. The van der Waals surface area contributed by atoms with Crippen LogP contribution in [0.2, 0.25) is 0 Å². The Morgan fingerprint density at radius 3 is 2.51 bits per heavy atom. The Balaban J connectivity index is 0.992. The molecule has 7 fully saturated rings. The number of aromatic hydroxyl groups is 1. The Labute approximate surface area is 429 Å². The van der Waals surface area contributed by atoms with Crippen molar-refractivity contribution in [3.8, 4) is 5.75 Å². The molecule has 10 nitrogen and oxygen atoms in total. The van der Waals surface area contributed by atoms with Crippen molar-refractivity contribution >= 4 is 17.3 Å². The number of hydrogen-bond donors (Lipinski definition) is 7. The van der Waals surface area contributed by atoms with Crippen LogP contribution in [0.3, 0.4) is 0 Å². The van der Waals surface area contributed by atoms with Crippen LogP contribution in [0.25, 0.3) is 0 Å². The molecule has 2 heterocycles. The summed E-state index contributed by atoms with van der Waals surface area (Å²) < 4.78 is 6.73. The van der Waals surface area contributed by atoms with Gasteiger partial charge in [0.2, 0.25) is 0 Å². The summed E-state index contributed by atoms with van der Waals surface area (Å²) in [6, 6.07) is 14.0. The molecule has 2 aliphatic heterocycles. The van der Waals surface area contributed by atoms with E-state index in [1.807, 2.05) is 38.2 Å². The fourth-order valence-corrected chi connectivity index (χ4v) is 19.5. The highest BCUT2D eigenvalue weighted by atomic mass is 16.6. The number of β-amino-alcohol motifs (C(OH)–C–C–N with tert-alkyl or cyclic N) is 1. The Morgan fingerprint density at radius 2 is 1.74 bits per heavy atom. The number of epoxide rings is 1. The fourth-order valence-electron chi connectivity index (χ4n) is 19.5. The molecule has 12 rings (SSSR count). The number of aliphatic hydroxyl groups is 3. The van der Waals surface area contributed by atoms with Gasteiger partial charge in [0.15, 0.2) is 5.78 Å². The Hall–Kier alpha value is -3.38. The van der Waals surface area contributed by atoms with Gasteiger partial charge in [0.1, 0.15) is 17.6 Å². The fraction of sp³-hybridized carbons (Fsp3) is 0.710. The standard InChI is InChI=1S/C62H87N3O7/c1-57(71)22-7-8-23-62-24-12-19-47(52(55(62)70)40-26-37(33-64-6)27-42(67)29-40)60(4)51-21-20-46-53(50(69)32-58(46,2)59(51,3)31-48(54(60)62)65-35-57)44(38-14-9-13-36(25-38)34-66)30-49(68)56-61(5,72-56)45-18-11-17-43(45)39-15-10-16-41(63)28-39/h10,12,15-16,19,26-29,36,38,43-45,47-49,51-52,54,56,64-68,71H,7-9,11,13-14,17-18,20-25,30-35,63H2,1-6H3/t36-,38+,43+,44+,45-,47+,48-,49-,51+,52-,54-,56-,57+,58+,59+,60+,61-,62+/m1/s1. The van der Waals surface area contributed by atoms with Crippen molar-refractivity contribution in [1.29, 1.82) is 0 Å². The third kappa shape index (κ3) is 7.89. The average molecular weight is 986 g/mol. The first-order chi connectivity index (χ1) is 34.3. The van der Waals surface area contributed by atoms with E-state index in [0.717, 1.165) is 106 Å². The number of nitrogens with two attached hydrogens (primary N) is 1.